The Kier molecular flexibility index (Phi) is 2.22. The first kappa shape index (κ1) is 10.2. The Morgan fingerprint density at radius 3 is 2.71 bits per heavy atom. The van der Waals surface area contributed by atoms with Crippen molar-refractivity contribution < 1.29 is 9.90 Å². The maximum Gasteiger partial charge on any atom is 0.133 e. The van der Waals surface area contributed by atoms with Crippen LogP contribution in [0.25, 0.3) is 0 Å². The number of fused-ring (bicyclic) bond motifs is 1. The topological polar surface area (TPSA) is 37.3 Å². The van der Waals surface area contributed by atoms with Crippen LogP contribution in [0.4, 0.5) is 0 Å². The third kappa shape index (κ3) is 1.50. The molecule has 0 amide bonds. The predicted octanol–water partition coefficient (Wildman–Crippen LogP) is 2.30. The van der Waals surface area contributed by atoms with Crippen LogP contribution >= 0.6 is 0 Å². The maximum atomic E-state index is 11.4. The fourth-order valence-electron chi connectivity index (χ4n) is 3.47. The zero-order valence-corrected chi connectivity index (χ0v) is 9.18. The van der Waals surface area contributed by atoms with Gasteiger partial charge in [0.25, 0.3) is 0 Å². The molecule has 3 atom stereocenters. The van der Waals surface area contributed by atoms with Crippen LogP contribution in [0.3, 0.4) is 0 Å². The highest BCUT2D eigenvalue weighted by atomic mass is 16.3. The van der Waals surface area contributed by atoms with E-state index in [0.29, 0.717) is 12.2 Å². The Morgan fingerprint density at radius 1 is 1.29 bits per heavy atom. The van der Waals surface area contributed by atoms with Gasteiger partial charge in [0.2, 0.25) is 0 Å². The van der Waals surface area contributed by atoms with E-state index >= 15 is 0 Å². The van der Waals surface area contributed by atoms with Crippen molar-refractivity contribution in [2.24, 2.45) is 11.3 Å². The number of rotatable bonds is 0. The maximum absolute atomic E-state index is 11.4. The number of carbonyl (C=O) groups excluding carboxylic acids is 1. The second-order valence-corrected chi connectivity index (χ2v) is 5.66. The highest BCUT2D eigenvalue weighted by molar-refractivity contribution is 5.79. The van der Waals surface area contributed by atoms with Gasteiger partial charge in [0.05, 0.1) is 5.60 Å². The van der Waals surface area contributed by atoms with Crippen LogP contribution in [0.5, 0.6) is 0 Å². The van der Waals surface area contributed by atoms with Crippen molar-refractivity contribution in [2.45, 2.75) is 58.0 Å². The van der Waals surface area contributed by atoms with Crippen LogP contribution < -0.4 is 0 Å². The van der Waals surface area contributed by atoms with Gasteiger partial charge >= 0.3 is 0 Å². The molecule has 0 aliphatic heterocycles. The first-order chi connectivity index (χ1) is 6.44. The zero-order valence-electron chi connectivity index (χ0n) is 9.18. The van der Waals surface area contributed by atoms with Gasteiger partial charge in [-0.05, 0) is 37.5 Å². The van der Waals surface area contributed by atoms with Crippen molar-refractivity contribution >= 4 is 5.78 Å². The van der Waals surface area contributed by atoms with Crippen molar-refractivity contribution in [3.63, 3.8) is 0 Å². The van der Waals surface area contributed by atoms with Gasteiger partial charge in [-0.1, -0.05) is 13.3 Å². The summed E-state index contributed by atoms with van der Waals surface area (Å²) in [5, 5.41) is 10.3. The minimum atomic E-state index is -0.608. The minimum Gasteiger partial charge on any atom is -0.390 e. The fraction of sp³-hybridized carbons (Fsp3) is 0.917. The van der Waals surface area contributed by atoms with Crippen LogP contribution in [0.2, 0.25) is 0 Å². The summed E-state index contributed by atoms with van der Waals surface area (Å²) in [6, 6.07) is 0. The van der Waals surface area contributed by atoms with Gasteiger partial charge < -0.3 is 5.11 Å². The molecular weight excluding hydrogens is 176 g/mol. The highest BCUT2D eigenvalue weighted by Crippen LogP contribution is 2.53. The van der Waals surface area contributed by atoms with Gasteiger partial charge in [0.15, 0.2) is 0 Å². The van der Waals surface area contributed by atoms with E-state index < -0.39 is 5.60 Å². The zero-order chi connectivity index (χ0) is 10.4. The summed E-state index contributed by atoms with van der Waals surface area (Å²) < 4.78 is 0. The van der Waals surface area contributed by atoms with E-state index in [4.69, 9.17) is 0 Å². The van der Waals surface area contributed by atoms with Gasteiger partial charge in [-0.15, -0.1) is 0 Å². The summed E-state index contributed by atoms with van der Waals surface area (Å²) in [5.74, 6) is 0.541. The molecule has 2 nitrogen and oxygen atoms in total. The van der Waals surface area contributed by atoms with E-state index in [1.807, 2.05) is 6.92 Å². The summed E-state index contributed by atoms with van der Waals surface area (Å²) in [6.07, 6.45) is 5.45. The van der Waals surface area contributed by atoms with E-state index in [9.17, 15) is 9.90 Å². The molecule has 0 spiro atoms. The lowest BCUT2D eigenvalue weighted by Crippen LogP contribution is -2.51. The molecule has 1 N–H and O–H groups in total. The number of carbonyl (C=O) groups is 1. The minimum absolute atomic E-state index is 0.199. The molecule has 80 valence electrons. The SMILES string of the molecule is C[C@]12CCC[C@@](C)(O)[C@@H]1CC(=O)CC2. The monoisotopic (exact) mass is 196 g/mol. The Morgan fingerprint density at radius 2 is 2.00 bits per heavy atom. The van der Waals surface area contributed by atoms with E-state index in [0.717, 1.165) is 25.7 Å². The normalized spacial score (nSPS) is 48.8. The van der Waals surface area contributed by atoms with E-state index in [1.165, 1.54) is 6.42 Å². The second-order valence-electron chi connectivity index (χ2n) is 5.66. The molecule has 0 radical (unpaired) electrons. The van der Waals surface area contributed by atoms with Crippen LogP contribution in [-0.2, 0) is 4.79 Å². The number of aliphatic hydroxyl groups is 1. The number of Topliss-reactive ketones (excluding diaryl/α,β-unsaturated/α-hetero) is 1. The Bertz CT molecular complexity index is 257. The van der Waals surface area contributed by atoms with E-state index in [2.05, 4.69) is 6.92 Å². The molecule has 0 saturated heterocycles. The molecule has 2 rings (SSSR count). The molecule has 14 heavy (non-hydrogen) atoms. The molecule has 0 bridgehead atoms. The standard InChI is InChI=1S/C12H20O2/c1-11-5-3-6-12(2,14)10(11)8-9(13)4-7-11/h10,14H,3-8H2,1-2H3/t10-,11-,12-/m1/s1. The average molecular weight is 196 g/mol. The lowest BCUT2D eigenvalue weighted by molar-refractivity contribution is -0.143. The summed E-state index contributed by atoms with van der Waals surface area (Å²) in [6.45, 7) is 4.16. The van der Waals surface area contributed by atoms with Crippen molar-refractivity contribution in [1.29, 1.82) is 0 Å². The number of hydrogen-bond acceptors (Lipinski definition) is 2. The van der Waals surface area contributed by atoms with Crippen molar-refractivity contribution in [2.75, 3.05) is 0 Å². The molecule has 0 unspecified atom stereocenters. The number of hydrogen-bond donors (Lipinski definition) is 1. The van der Waals surface area contributed by atoms with Crippen LogP contribution in [0.1, 0.15) is 52.4 Å². The number of ketones is 1. The van der Waals surface area contributed by atoms with Gasteiger partial charge in [-0.25, -0.2) is 0 Å². The van der Waals surface area contributed by atoms with Crippen molar-refractivity contribution in [3.05, 3.63) is 0 Å². The third-order valence-corrected chi connectivity index (χ3v) is 4.43. The van der Waals surface area contributed by atoms with Crippen LogP contribution in [-0.4, -0.2) is 16.5 Å². The van der Waals surface area contributed by atoms with Crippen LogP contribution in [0, 0.1) is 11.3 Å². The molecule has 2 saturated carbocycles. The molecule has 0 aromatic rings. The second kappa shape index (κ2) is 3.06. The third-order valence-electron chi connectivity index (χ3n) is 4.43. The highest BCUT2D eigenvalue weighted by Gasteiger charge is 2.50. The summed E-state index contributed by atoms with van der Waals surface area (Å²) in [4.78, 5) is 11.4. The summed E-state index contributed by atoms with van der Waals surface area (Å²) in [7, 11) is 0. The smallest absolute Gasteiger partial charge is 0.133 e. The first-order valence-corrected chi connectivity index (χ1v) is 5.68. The van der Waals surface area contributed by atoms with Gasteiger partial charge in [0, 0.05) is 12.8 Å². The Hall–Kier alpha value is -0.370. The summed E-state index contributed by atoms with van der Waals surface area (Å²) in [5.41, 5.74) is -0.390. The van der Waals surface area contributed by atoms with Gasteiger partial charge in [-0.2, -0.15) is 0 Å². The summed E-state index contributed by atoms with van der Waals surface area (Å²) >= 11 is 0. The Labute approximate surface area is 85.7 Å². The molecule has 0 aromatic heterocycles. The molecule has 0 heterocycles. The average Bonchev–Trinajstić information content (AvgIpc) is 2.08. The van der Waals surface area contributed by atoms with Crippen molar-refractivity contribution in [1.82, 2.24) is 0 Å². The molecular formula is C12H20O2. The van der Waals surface area contributed by atoms with Crippen molar-refractivity contribution in [3.8, 4) is 0 Å². The lowest BCUT2D eigenvalue weighted by atomic mass is 9.55. The van der Waals surface area contributed by atoms with Gasteiger partial charge in [0.1, 0.15) is 5.78 Å². The largest absolute Gasteiger partial charge is 0.390 e. The Balaban J connectivity index is 2.26. The lowest BCUT2D eigenvalue weighted by Gasteiger charge is -2.51. The van der Waals surface area contributed by atoms with Gasteiger partial charge in [-0.3, -0.25) is 4.79 Å². The van der Waals surface area contributed by atoms with E-state index in [1.54, 1.807) is 0 Å². The first-order valence-electron chi connectivity index (χ1n) is 5.68. The van der Waals surface area contributed by atoms with E-state index in [-0.39, 0.29) is 11.3 Å². The molecule has 2 aliphatic rings. The molecule has 2 fully saturated rings. The fourth-order valence-corrected chi connectivity index (χ4v) is 3.47. The quantitative estimate of drug-likeness (QED) is 0.645. The molecule has 2 heteroatoms. The molecule has 2 aliphatic carbocycles. The molecule has 0 aromatic carbocycles. The van der Waals surface area contributed by atoms with Crippen LogP contribution in [0.15, 0.2) is 0 Å². The predicted molar refractivity (Wildman–Crippen MR) is 54.9 cm³/mol.